The number of carboxylic acids is 2. The van der Waals surface area contributed by atoms with Gasteiger partial charge in [-0.05, 0) is 25.0 Å². The number of fused-ring (bicyclic) bond motifs is 1. The number of carbonyl (C=O) groups excluding carboxylic acids is 3. The first kappa shape index (κ1) is 32.9. The average molecular weight is 596 g/mol. The Hall–Kier alpha value is -4.28. The fourth-order valence-corrected chi connectivity index (χ4v) is 5.36. The van der Waals surface area contributed by atoms with E-state index in [-0.39, 0.29) is 11.3 Å². The summed E-state index contributed by atoms with van der Waals surface area (Å²) in [7, 11) is -0.840. The first-order chi connectivity index (χ1) is 19.2. The van der Waals surface area contributed by atoms with Crippen molar-refractivity contribution in [2.75, 3.05) is 25.6 Å². The van der Waals surface area contributed by atoms with Gasteiger partial charge in [0.2, 0.25) is 27.7 Å². The van der Waals surface area contributed by atoms with E-state index in [0.29, 0.717) is 10.8 Å². The zero-order chi connectivity index (χ0) is 30.9. The van der Waals surface area contributed by atoms with Gasteiger partial charge >= 0.3 is 11.9 Å². The second kappa shape index (κ2) is 14.4. The van der Waals surface area contributed by atoms with Gasteiger partial charge in [-0.2, -0.15) is 4.72 Å². The van der Waals surface area contributed by atoms with Crippen LogP contribution in [0.2, 0.25) is 0 Å². The van der Waals surface area contributed by atoms with E-state index in [1.54, 1.807) is 43.3 Å². The standard InChI is InChI=1S/C25H33N5O10S/c1-30(2)19-7-3-6-15-14(19)5-4-8-20(15)41(39,40)29-18(13-31)25(38)28-17(10-12-22(34)35)24(37)27-16(23(26)36)9-11-21(32)33/h3-8,16-18,29,31H,9-13H2,1-2H3,(H2,26,36)(H,27,37)(H,28,38)(H,32,33)(H,34,35)/t16-,17-,18-/m0/s1. The summed E-state index contributed by atoms with van der Waals surface area (Å²) < 4.78 is 28.7. The number of aliphatic hydroxyl groups excluding tert-OH is 1. The van der Waals surface area contributed by atoms with Crippen molar-refractivity contribution in [1.29, 1.82) is 0 Å². The highest BCUT2D eigenvalue weighted by molar-refractivity contribution is 7.89. The molecule has 0 aliphatic heterocycles. The SMILES string of the molecule is CN(C)c1cccc2c(S(=O)(=O)N[C@@H](CO)C(=O)N[C@@H](CCC(=O)O)C(=O)N[C@@H](CCC(=O)O)C(N)=O)cccc12. The van der Waals surface area contributed by atoms with E-state index in [4.69, 9.17) is 15.9 Å². The highest BCUT2D eigenvalue weighted by Crippen LogP contribution is 2.30. The lowest BCUT2D eigenvalue weighted by Gasteiger charge is -2.24. The molecule has 0 aliphatic carbocycles. The van der Waals surface area contributed by atoms with E-state index in [0.717, 1.165) is 5.69 Å². The van der Waals surface area contributed by atoms with Gasteiger partial charge < -0.3 is 36.6 Å². The minimum Gasteiger partial charge on any atom is -0.481 e. The molecule has 3 amide bonds. The zero-order valence-corrected chi connectivity index (χ0v) is 23.2. The van der Waals surface area contributed by atoms with Crippen LogP contribution in [0.25, 0.3) is 10.8 Å². The first-order valence-electron chi connectivity index (χ1n) is 12.3. The Balaban J connectivity index is 2.30. The summed E-state index contributed by atoms with van der Waals surface area (Å²) in [5.41, 5.74) is 5.95. The molecule has 3 atom stereocenters. The molecule has 0 unspecified atom stereocenters. The number of benzene rings is 2. The van der Waals surface area contributed by atoms with Crippen LogP contribution in [-0.2, 0) is 34.0 Å². The molecule has 41 heavy (non-hydrogen) atoms. The zero-order valence-electron chi connectivity index (χ0n) is 22.4. The molecule has 224 valence electrons. The average Bonchev–Trinajstić information content (AvgIpc) is 2.90. The molecule has 0 bridgehead atoms. The Labute approximate surface area is 235 Å². The van der Waals surface area contributed by atoms with Gasteiger partial charge in [0.1, 0.15) is 18.1 Å². The van der Waals surface area contributed by atoms with E-state index in [1.807, 2.05) is 0 Å². The minimum atomic E-state index is -4.41. The molecule has 0 aromatic heterocycles. The van der Waals surface area contributed by atoms with Crippen molar-refractivity contribution in [3.05, 3.63) is 36.4 Å². The quantitative estimate of drug-likeness (QED) is 0.121. The van der Waals surface area contributed by atoms with Crippen LogP contribution in [0.15, 0.2) is 41.3 Å². The monoisotopic (exact) mass is 595 g/mol. The number of primary amides is 1. The predicted octanol–water partition coefficient (Wildman–Crippen LogP) is -1.27. The second-order valence-corrected chi connectivity index (χ2v) is 11.0. The first-order valence-corrected chi connectivity index (χ1v) is 13.8. The fraction of sp³-hybridized carbons (Fsp3) is 0.400. The van der Waals surface area contributed by atoms with Gasteiger partial charge in [0.15, 0.2) is 0 Å². The van der Waals surface area contributed by atoms with Gasteiger partial charge in [-0.15, -0.1) is 0 Å². The molecular weight excluding hydrogens is 562 g/mol. The number of hydrogen-bond acceptors (Lipinski definition) is 9. The second-order valence-electron chi connectivity index (χ2n) is 9.27. The normalized spacial score (nSPS) is 13.5. The van der Waals surface area contributed by atoms with E-state index in [2.05, 4.69) is 15.4 Å². The molecule has 15 nitrogen and oxygen atoms in total. The van der Waals surface area contributed by atoms with Crippen LogP contribution in [-0.4, -0.2) is 92.2 Å². The van der Waals surface area contributed by atoms with Crippen molar-refractivity contribution in [1.82, 2.24) is 15.4 Å². The predicted molar refractivity (Wildman–Crippen MR) is 146 cm³/mol. The number of nitrogens with one attached hydrogen (secondary N) is 3. The van der Waals surface area contributed by atoms with Gasteiger partial charge in [0, 0.05) is 43.4 Å². The number of carboxylic acid groups (broad SMARTS) is 2. The van der Waals surface area contributed by atoms with Crippen molar-refractivity contribution in [2.24, 2.45) is 5.73 Å². The number of hydrogen-bond donors (Lipinski definition) is 7. The molecule has 0 saturated heterocycles. The maximum absolute atomic E-state index is 13.3. The van der Waals surface area contributed by atoms with Crippen molar-refractivity contribution in [2.45, 2.75) is 48.7 Å². The van der Waals surface area contributed by atoms with Gasteiger partial charge in [-0.3, -0.25) is 24.0 Å². The Morgan fingerprint density at radius 3 is 1.88 bits per heavy atom. The number of nitrogens with zero attached hydrogens (tertiary/aromatic N) is 1. The van der Waals surface area contributed by atoms with Crippen LogP contribution in [0, 0.1) is 0 Å². The third kappa shape index (κ3) is 9.12. The van der Waals surface area contributed by atoms with Crippen molar-refractivity contribution in [3.8, 4) is 0 Å². The summed E-state index contributed by atoms with van der Waals surface area (Å²) in [6, 6.07) is 4.78. The minimum absolute atomic E-state index is 0.173. The number of nitrogens with two attached hydrogens (primary N) is 1. The lowest BCUT2D eigenvalue weighted by Crippen LogP contribution is -2.57. The van der Waals surface area contributed by atoms with E-state index in [1.165, 1.54) is 12.1 Å². The highest BCUT2D eigenvalue weighted by atomic mass is 32.2. The highest BCUT2D eigenvalue weighted by Gasteiger charge is 2.31. The molecule has 2 aromatic rings. The van der Waals surface area contributed by atoms with Crippen LogP contribution in [0.3, 0.4) is 0 Å². The van der Waals surface area contributed by atoms with Crippen molar-refractivity contribution < 1.29 is 47.7 Å². The van der Waals surface area contributed by atoms with Gasteiger partial charge in [0.05, 0.1) is 11.5 Å². The summed E-state index contributed by atoms with van der Waals surface area (Å²) in [6.45, 7) is -1.02. The third-order valence-electron chi connectivity index (χ3n) is 6.01. The number of aliphatic carboxylic acids is 2. The molecule has 0 saturated carbocycles. The number of anilines is 1. The van der Waals surface area contributed by atoms with Gasteiger partial charge in [-0.1, -0.05) is 24.3 Å². The van der Waals surface area contributed by atoms with Gasteiger partial charge in [0.25, 0.3) is 0 Å². The number of amides is 3. The number of sulfonamides is 1. The summed E-state index contributed by atoms with van der Waals surface area (Å²) in [5, 5.41) is 33.1. The Morgan fingerprint density at radius 1 is 0.829 bits per heavy atom. The Bertz CT molecular complexity index is 1410. The topological polar surface area (TPSA) is 246 Å². The Kier molecular flexibility index (Phi) is 11.5. The fourth-order valence-electron chi connectivity index (χ4n) is 3.95. The lowest BCUT2D eigenvalue weighted by molar-refractivity contribution is -0.139. The molecule has 2 rings (SSSR count). The molecule has 0 fully saturated rings. The van der Waals surface area contributed by atoms with E-state index >= 15 is 0 Å². The molecule has 0 spiro atoms. The van der Waals surface area contributed by atoms with Crippen molar-refractivity contribution >= 4 is 56.1 Å². The Morgan fingerprint density at radius 2 is 1.34 bits per heavy atom. The number of rotatable bonds is 16. The molecule has 8 N–H and O–H groups in total. The van der Waals surface area contributed by atoms with Crippen molar-refractivity contribution in [3.63, 3.8) is 0 Å². The lowest BCUT2D eigenvalue weighted by atomic mass is 10.1. The molecule has 0 radical (unpaired) electrons. The maximum atomic E-state index is 13.3. The summed E-state index contributed by atoms with van der Waals surface area (Å²) in [4.78, 5) is 61.1. The molecule has 16 heteroatoms. The smallest absolute Gasteiger partial charge is 0.303 e. The molecular formula is C25H33N5O10S. The van der Waals surface area contributed by atoms with Gasteiger partial charge in [-0.25, -0.2) is 8.42 Å². The maximum Gasteiger partial charge on any atom is 0.303 e. The van der Waals surface area contributed by atoms with Crippen LogP contribution in [0.1, 0.15) is 25.7 Å². The number of carbonyl (C=O) groups is 5. The molecule has 0 aliphatic rings. The summed E-state index contributed by atoms with van der Waals surface area (Å²) in [6.07, 6.45) is -1.96. The third-order valence-corrected chi connectivity index (χ3v) is 7.54. The van der Waals surface area contributed by atoms with Crippen LogP contribution < -0.4 is 26.0 Å². The van der Waals surface area contributed by atoms with Crippen LogP contribution in [0.4, 0.5) is 5.69 Å². The van der Waals surface area contributed by atoms with Crippen LogP contribution in [0.5, 0.6) is 0 Å². The number of aliphatic hydroxyl groups is 1. The largest absolute Gasteiger partial charge is 0.481 e. The summed E-state index contributed by atoms with van der Waals surface area (Å²) >= 11 is 0. The summed E-state index contributed by atoms with van der Waals surface area (Å²) in [5.74, 6) is -5.85. The molecule has 0 heterocycles. The molecule has 2 aromatic carbocycles. The van der Waals surface area contributed by atoms with E-state index in [9.17, 15) is 37.5 Å². The van der Waals surface area contributed by atoms with E-state index < -0.39 is 83.7 Å². The van der Waals surface area contributed by atoms with Crippen LogP contribution >= 0.6 is 0 Å².